The average molecular weight is 467 g/mol. The van der Waals surface area contributed by atoms with Crippen LogP contribution in [0.1, 0.15) is 27.8 Å². The molecule has 0 aliphatic carbocycles. The van der Waals surface area contributed by atoms with Crippen molar-refractivity contribution in [1.82, 2.24) is 15.5 Å². The zero-order chi connectivity index (χ0) is 16.7. The van der Waals surface area contributed by atoms with Crippen molar-refractivity contribution in [2.24, 2.45) is 2.98 Å². The van der Waals surface area contributed by atoms with Crippen molar-refractivity contribution in [3.63, 3.8) is 0 Å². The first-order chi connectivity index (χ1) is 11.6. The van der Waals surface area contributed by atoms with Crippen LogP contribution in [-0.4, -0.2) is 51.0 Å². The van der Waals surface area contributed by atoms with Crippen LogP contribution in [0.3, 0.4) is 0 Å². The van der Waals surface area contributed by atoms with E-state index in [0.717, 1.165) is 30.6 Å². The summed E-state index contributed by atoms with van der Waals surface area (Å²) in [5.74, 6) is -0.570. The Morgan fingerprint density at radius 2 is 2.04 bits per heavy atom. The fourth-order valence-corrected chi connectivity index (χ4v) is 8.92. The first kappa shape index (κ1) is 18.7. The Morgan fingerprint density at radius 3 is 2.72 bits per heavy atom. The topological polar surface area (TPSA) is 50.2 Å². The molecule has 2 aliphatic rings. The van der Waals surface area contributed by atoms with Crippen LogP contribution in [-0.2, 0) is 0 Å². The maximum atomic E-state index is 14.6. The molecule has 2 aromatic rings. The normalized spacial score (nSPS) is 20.3. The van der Waals surface area contributed by atoms with Gasteiger partial charge < -0.3 is 0 Å². The van der Waals surface area contributed by atoms with Crippen molar-refractivity contribution in [3.8, 4) is 0 Å². The number of aromatic nitrogens is 2. The zero-order valence-corrected chi connectivity index (χ0v) is 17.9. The summed E-state index contributed by atoms with van der Waals surface area (Å²) in [6, 6.07) is 5.21. The number of fused-ring (bicyclic) bond motifs is 1. The fourth-order valence-electron chi connectivity index (χ4n) is 3.44. The molecule has 1 aromatic carbocycles. The molecule has 0 bridgehead atoms. The maximum absolute atomic E-state index is 14.6. The van der Waals surface area contributed by atoms with E-state index in [1.165, 1.54) is 0 Å². The van der Waals surface area contributed by atoms with Crippen LogP contribution in [0.4, 0.5) is 8.78 Å². The Morgan fingerprint density at radius 1 is 1.20 bits per heavy atom. The fraction of sp³-hybridized carbons (Fsp3) is 0.353. The second-order valence-electron chi connectivity index (χ2n) is 6.40. The Balaban J connectivity index is 0.00000182. The molecule has 1 N–H and O–H groups in total. The van der Waals surface area contributed by atoms with Gasteiger partial charge >= 0.3 is 147 Å². The number of halogens is 3. The summed E-state index contributed by atoms with van der Waals surface area (Å²) in [7, 11) is 0. The van der Waals surface area contributed by atoms with Crippen molar-refractivity contribution < 1.29 is 8.78 Å². The van der Waals surface area contributed by atoms with Crippen LogP contribution < -0.4 is 5.32 Å². The number of hydrogen-bond donors (Lipinski definition) is 1. The monoisotopic (exact) mass is 466 g/mol. The van der Waals surface area contributed by atoms with E-state index in [9.17, 15) is 8.78 Å². The van der Waals surface area contributed by atoms with Gasteiger partial charge in [0.25, 0.3) is 0 Å². The van der Waals surface area contributed by atoms with Crippen LogP contribution >= 0.6 is 12.4 Å². The summed E-state index contributed by atoms with van der Waals surface area (Å²) in [6.45, 7) is 1.70. The van der Waals surface area contributed by atoms with Crippen LogP contribution in [0.25, 0.3) is 16.5 Å². The molecule has 0 saturated carbocycles. The second kappa shape index (κ2) is 7.68. The SMILES string of the molecule is Cl.[CH3][In]1[N]=C(F)C[CH]1c1cc2c(F)cc(C3=CCNCC3)cc2nn1. The quantitative estimate of drug-likeness (QED) is 0.736. The molecule has 0 radical (unpaired) electrons. The van der Waals surface area contributed by atoms with Crippen LogP contribution in [0.5, 0.6) is 0 Å². The van der Waals surface area contributed by atoms with Gasteiger partial charge in [0.15, 0.2) is 0 Å². The molecule has 3 heterocycles. The molecule has 4 rings (SSSR count). The van der Waals surface area contributed by atoms with Gasteiger partial charge in [-0.1, -0.05) is 0 Å². The zero-order valence-electron chi connectivity index (χ0n) is 13.8. The van der Waals surface area contributed by atoms with Gasteiger partial charge in [0.1, 0.15) is 0 Å². The number of rotatable bonds is 2. The molecule has 0 fully saturated rings. The van der Waals surface area contributed by atoms with E-state index < -0.39 is 21.7 Å². The van der Waals surface area contributed by atoms with E-state index in [0.29, 0.717) is 23.0 Å². The minimum absolute atomic E-state index is 0. The summed E-state index contributed by atoms with van der Waals surface area (Å²) >= 11 is -2.33. The van der Waals surface area contributed by atoms with Gasteiger partial charge in [-0.3, -0.25) is 0 Å². The first-order valence-corrected chi connectivity index (χ1v) is 14.9. The summed E-state index contributed by atoms with van der Waals surface area (Å²) < 4.78 is 34.3. The minimum atomic E-state index is -2.33. The average Bonchev–Trinajstić information content (AvgIpc) is 2.94. The third kappa shape index (κ3) is 3.73. The molecule has 4 nitrogen and oxygen atoms in total. The van der Waals surface area contributed by atoms with Crippen molar-refractivity contribution in [2.45, 2.75) is 21.2 Å². The summed E-state index contributed by atoms with van der Waals surface area (Å²) in [4.78, 5) is 0. The molecule has 0 amide bonds. The molecule has 0 saturated heterocycles. The van der Waals surface area contributed by atoms with Crippen molar-refractivity contribution in [1.29, 1.82) is 0 Å². The van der Waals surface area contributed by atoms with Gasteiger partial charge in [-0.2, -0.15) is 0 Å². The number of hydrogen-bond acceptors (Lipinski definition) is 4. The van der Waals surface area contributed by atoms with Crippen molar-refractivity contribution in [3.05, 3.63) is 41.3 Å². The van der Waals surface area contributed by atoms with Gasteiger partial charge in [-0.05, 0) is 0 Å². The van der Waals surface area contributed by atoms with Gasteiger partial charge in [-0.15, -0.1) is 12.4 Å². The van der Waals surface area contributed by atoms with E-state index in [1.807, 2.05) is 10.7 Å². The molecule has 2 aliphatic heterocycles. The van der Waals surface area contributed by atoms with Gasteiger partial charge in [0.05, 0.1) is 0 Å². The van der Waals surface area contributed by atoms with E-state index in [1.54, 1.807) is 12.1 Å². The summed E-state index contributed by atoms with van der Waals surface area (Å²) in [5.41, 5.74) is 3.24. The Hall–Kier alpha value is -1.05. The molecule has 8 heteroatoms. The van der Waals surface area contributed by atoms with E-state index in [-0.39, 0.29) is 27.9 Å². The van der Waals surface area contributed by atoms with E-state index >= 15 is 0 Å². The van der Waals surface area contributed by atoms with Crippen molar-refractivity contribution in [2.75, 3.05) is 13.1 Å². The van der Waals surface area contributed by atoms with Crippen LogP contribution in [0.15, 0.2) is 27.3 Å². The first-order valence-electron chi connectivity index (χ1n) is 8.21. The molecule has 1 aromatic heterocycles. The molecule has 1 unspecified atom stereocenters. The molecule has 0 spiro atoms. The van der Waals surface area contributed by atoms with Gasteiger partial charge in [-0.25, -0.2) is 0 Å². The van der Waals surface area contributed by atoms with Crippen LogP contribution in [0, 0.1) is 5.82 Å². The molecular weight excluding hydrogens is 448 g/mol. The number of benzene rings is 1. The molecule has 25 heavy (non-hydrogen) atoms. The predicted octanol–water partition coefficient (Wildman–Crippen LogP) is 3.58. The van der Waals surface area contributed by atoms with E-state index in [2.05, 4.69) is 24.6 Å². The second-order valence-corrected chi connectivity index (χ2v) is 13.7. The number of nitrogens with one attached hydrogen (secondary N) is 1. The van der Waals surface area contributed by atoms with Crippen LogP contribution in [0.2, 0.25) is 4.68 Å². The summed E-state index contributed by atoms with van der Waals surface area (Å²) in [6.07, 6.45) is 3.26. The Labute approximate surface area is 159 Å². The standard InChI is InChI=1S/C16H14F2N4.CH3.ClH.In/c17-14-7-11(10-3-5-20-6-4-10)8-15-13(14)9-12(21-22-15)1-2-16(18)19;;;/h1,3,7-9,20H,2,4-6H2;1H3;1H;/q-1;;;+1. The van der Waals surface area contributed by atoms with Gasteiger partial charge in [0, 0.05) is 0 Å². The Kier molecular flexibility index (Phi) is 5.75. The third-order valence-electron chi connectivity index (χ3n) is 4.80. The molecule has 1 atom stereocenters. The predicted molar refractivity (Wildman–Crippen MR) is 99.7 cm³/mol. The van der Waals surface area contributed by atoms with Crippen molar-refractivity contribution >= 4 is 56.6 Å². The van der Waals surface area contributed by atoms with E-state index in [4.69, 9.17) is 0 Å². The summed E-state index contributed by atoms with van der Waals surface area (Å²) in [5, 5.41) is 12.2. The molecule has 130 valence electrons. The van der Waals surface area contributed by atoms with Gasteiger partial charge in [0.2, 0.25) is 0 Å². The Bertz CT molecular complexity index is 871. The number of nitrogens with zero attached hydrogens (tertiary/aromatic N) is 3. The molecular formula is C17H18ClF2InN4. The third-order valence-corrected chi connectivity index (χ3v) is 11.7.